The predicted octanol–water partition coefficient (Wildman–Crippen LogP) is 3.01. The molecule has 1 heterocycles. The molecule has 1 aromatic carbocycles. The molecule has 0 bridgehead atoms. The maximum Gasteiger partial charge on any atom is 0.273 e. The highest BCUT2D eigenvalue weighted by atomic mass is 32.1. The second-order valence-electron chi connectivity index (χ2n) is 5.19. The monoisotopic (exact) mass is 341 g/mol. The first-order valence-corrected chi connectivity index (χ1v) is 7.85. The molecule has 124 valence electrons. The van der Waals surface area contributed by atoms with Gasteiger partial charge in [0.2, 0.25) is 0 Å². The minimum Gasteiger partial charge on any atom is -0.393 e. The highest BCUT2D eigenvalue weighted by Crippen LogP contribution is 2.23. The van der Waals surface area contributed by atoms with Gasteiger partial charge in [-0.15, -0.1) is 11.3 Å². The molecular formula is C15H17F2N3O2S. The zero-order valence-electron chi connectivity index (χ0n) is 12.7. The predicted molar refractivity (Wildman–Crippen MR) is 85.0 cm³/mol. The van der Waals surface area contributed by atoms with Crippen molar-refractivity contribution in [3.63, 3.8) is 0 Å². The summed E-state index contributed by atoms with van der Waals surface area (Å²) in [6.07, 6.45) is -0.0131. The fourth-order valence-corrected chi connectivity index (χ4v) is 2.56. The number of nitrogens with one attached hydrogen (secondary N) is 1. The molecule has 23 heavy (non-hydrogen) atoms. The van der Waals surface area contributed by atoms with Gasteiger partial charge in [0.15, 0.2) is 5.13 Å². The lowest BCUT2D eigenvalue weighted by Crippen LogP contribution is -2.29. The van der Waals surface area contributed by atoms with Gasteiger partial charge in [0.25, 0.3) is 5.91 Å². The molecule has 2 N–H and O–H groups in total. The Hall–Kier alpha value is -2.06. The lowest BCUT2D eigenvalue weighted by Gasteiger charge is -2.16. The summed E-state index contributed by atoms with van der Waals surface area (Å²) in [5, 5.41) is 13.9. The van der Waals surface area contributed by atoms with Gasteiger partial charge in [-0.05, 0) is 25.5 Å². The van der Waals surface area contributed by atoms with Gasteiger partial charge < -0.3 is 15.3 Å². The first kappa shape index (κ1) is 17.3. The van der Waals surface area contributed by atoms with Gasteiger partial charge in [-0.25, -0.2) is 13.8 Å². The number of carbonyl (C=O) groups excluding carboxylic acids is 1. The van der Waals surface area contributed by atoms with Crippen LogP contribution in [0.15, 0.2) is 23.6 Å². The van der Waals surface area contributed by atoms with Crippen LogP contribution in [0.25, 0.3) is 0 Å². The number of amides is 1. The maximum absolute atomic E-state index is 13.1. The molecule has 1 aromatic heterocycles. The number of benzene rings is 1. The Kier molecular flexibility index (Phi) is 5.62. The Balaban J connectivity index is 2.03. The van der Waals surface area contributed by atoms with Crippen LogP contribution in [0.4, 0.5) is 19.6 Å². The van der Waals surface area contributed by atoms with Crippen LogP contribution in [0.5, 0.6) is 0 Å². The summed E-state index contributed by atoms with van der Waals surface area (Å²) in [4.78, 5) is 17.8. The van der Waals surface area contributed by atoms with Gasteiger partial charge in [0, 0.05) is 30.7 Å². The van der Waals surface area contributed by atoms with E-state index in [1.54, 1.807) is 19.4 Å². The van der Waals surface area contributed by atoms with Gasteiger partial charge in [0.05, 0.1) is 6.10 Å². The lowest BCUT2D eigenvalue weighted by atomic mass is 10.2. The van der Waals surface area contributed by atoms with E-state index in [0.29, 0.717) is 18.1 Å². The molecular weight excluding hydrogens is 324 g/mol. The summed E-state index contributed by atoms with van der Waals surface area (Å²) < 4.78 is 26.3. The van der Waals surface area contributed by atoms with Crippen LogP contribution >= 0.6 is 11.3 Å². The zero-order valence-corrected chi connectivity index (χ0v) is 13.5. The minimum absolute atomic E-state index is 0.221. The summed E-state index contributed by atoms with van der Waals surface area (Å²) in [5.74, 6) is -1.67. The largest absolute Gasteiger partial charge is 0.393 e. The second kappa shape index (κ2) is 7.47. The van der Waals surface area contributed by atoms with Gasteiger partial charge in [0.1, 0.15) is 17.3 Å². The Labute approximate surface area is 136 Å². The van der Waals surface area contributed by atoms with Gasteiger partial charge in [-0.3, -0.25) is 4.79 Å². The van der Waals surface area contributed by atoms with Crippen molar-refractivity contribution >= 4 is 28.1 Å². The van der Waals surface area contributed by atoms with E-state index in [-0.39, 0.29) is 17.3 Å². The fraction of sp³-hybridized carbons (Fsp3) is 0.333. The number of hydrogen-bond donors (Lipinski definition) is 2. The molecule has 8 heteroatoms. The number of thiazole rings is 1. The van der Waals surface area contributed by atoms with E-state index in [4.69, 9.17) is 0 Å². The summed E-state index contributed by atoms with van der Waals surface area (Å²) in [5.41, 5.74) is 0.459. The Morgan fingerprint density at radius 2 is 2.04 bits per heavy atom. The van der Waals surface area contributed by atoms with Crippen LogP contribution in [0.1, 0.15) is 23.8 Å². The van der Waals surface area contributed by atoms with Crippen molar-refractivity contribution in [2.45, 2.75) is 19.4 Å². The third kappa shape index (κ3) is 4.97. The molecule has 0 radical (unpaired) electrons. The molecule has 0 unspecified atom stereocenters. The Morgan fingerprint density at radius 1 is 1.39 bits per heavy atom. The second-order valence-corrected chi connectivity index (χ2v) is 6.04. The number of aliphatic hydroxyl groups is 1. The summed E-state index contributed by atoms with van der Waals surface area (Å²) in [7, 11) is 1.62. The third-order valence-corrected chi connectivity index (χ3v) is 3.82. The molecule has 0 aliphatic rings. The number of aromatic nitrogens is 1. The van der Waals surface area contributed by atoms with Crippen molar-refractivity contribution in [3.8, 4) is 0 Å². The number of aliphatic hydroxyl groups excluding tert-OH is 1. The van der Waals surface area contributed by atoms with Crippen LogP contribution in [-0.2, 0) is 0 Å². The summed E-state index contributed by atoms with van der Waals surface area (Å²) in [6, 6.07) is 3.06. The standard InChI is InChI=1S/C15H17F2N3O2S/c1-9(21)3-4-20(2)14(22)13-8-23-15(19-13)18-12-6-10(16)5-11(17)7-12/h5-9,21H,3-4H2,1-2H3,(H,18,19)/t9-/m0/s1. The highest BCUT2D eigenvalue weighted by molar-refractivity contribution is 7.14. The molecule has 0 aliphatic carbocycles. The zero-order chi connectivity index (χ0) is 17.0. The van der Waals surface area contributed by atoms with Crippen LogP contribution in [0, 0.1) is 11.6 Å². The van der Waals surface area contributed by atoms with Crippen LogP contribution in [-0.4, -0.2) is 40.6 Å². The van der Waals surface area contributed by atoms with Crippen molar-refractivity contribution < 1.29 is 18.7 Å². The van der Waals surface area contributed by atoms with Crippen molar-refractivity contribution in [1.82, 2.24) is 9.88 Å². The van der Waals surface area contributed by atoms with Crippen LogP contribution in [0.2, 0.25) is 0 Å². The van der Waals surface area contributed by atoms with Crippen molar-refractivity contribution in [3.05, 3.63) is 40.9 Å². The van der Waals surface area contributed by atoms with Crippen LogP contribution < -0.4 is 5.32 Å². The highest BCUT2D eigenvalue weighted by Gasteiger charge is 2.16. The molecule has 0 spiro atoms. The average molecular weight is 341 g/mol. The summed E-state index contributed by atoms with van der Waals surface area (Å²) in [6.45, 7) is 2.06. The van der Waals surface area contributed by atoms with E-state index >= 15 is 0 Å². The van der Waals surface area contributed by atoms with E-state index < -0.39 is 17.7 Å². The van der Waals surface area contributed by atoms with Crippen molar-refractivity contribution in [2.24, 2.45) is 0 Å². The van der Waals surface area contributed by atoms with Crippen LogP contribution in [0.3, 0.4) is 0 Å². The Bertz CT molecular complexity index is 671. The molecule has 0 fully saturated rings. The third-order valence-electron chi connectivity index (χ3n) is 3.07. The smallest absolute Gasteiger partial charge is 0.273 e. The molecule has 5 nitrogen and oxygen atoms in total. The molecule has 0 saturated heterocycles. The number of hydrogen-bond acceptors (Lipinski definition) is 5. The van der Waals surface area contributed by atoms with E-state index in [9.17, 15) is 18.7 Å². The van der Waals surface area contributed by atoms with Gasteiger partial charge in [-0.1, -0.05) is 0 Å². The van der Waals surface area contributed by atoms with Gasteiger partial charge >= 0.3 is 0 Å². The number of halogens is 2. The first-order chi connectivity index (χ1) is 10.8. The topological polar surface area (TPSA) is 65.5 Å². The van der Waals surface area contributed by atoms with E-state index in [2.05, 4.69) is 10.3 Å². The van der Waals surface area contributed by atoms with Crippen molar-refractivity contribution in [1.29, 1.82) is 0 Å². The molecule has 2 rings (SSSR count). The summed E-state index contributed by atoms with van der Waals surface area (Å²) >= 11 is 1.16. The van der Waals surface area contributed by atoms with E-state index in [1.165, 1.54) is 4.90 Å². The van der Waals surface area contributed by atoms with E-state index in [1.807, 2.05) is 0 Å². The number of nitrogens with zero attached hydrogens (tertiary/aromatic N) is 2. The Morgan fingerprint density at radius 3 is 2.65 bits per heavy atom. The number of rotatable bonds is 6. The minimum atomic E-state index is -0.696. The molecule has 0 saturated carbocycles. The molecule has 2 aromatic rings. The van der Waals surface area contributed by atoms with Gasteiger partial charge in [-0.2, -0.15) is 0 Å². The number of carbonyl (C=O) groups is 1. The SMILES string of the molecule is C[C@H](O)CCN(C)C(=O)c1csc(Nc2cc(F)cc(F)c2)n1. The molecule has 1 atom stereocenters. The van der Waals surface area contributed by atoms with Crippen molar-refractivity contribution in [2.75, 3.05) is 18.9 Å². The maximum atomic E-state index is 13.1. The number of anilines is 2. The van der Waals surface area contributed by atoms with E-state index in [0.717, 1.165) is 29.5 Å². The lowest BCUT2D eigenvalue weighted by molar-refractivity contribution is 0.0764. The molecule has 0 aliphatic heterocycles. The average Bonchev–Trinajstić information content (AvgIpc) is 2.91. The fourth-order valence-electron chi connectivity index (χ4n) is 1.86. The quantitative estimate of drug-likeness (QED) is 0.848. The normalized spacial score (nSPS) is 12.0. The molecule has 1 amide bonds. The first-order valence-electron chi connectivity index (χ1n) is 6.97.